The van der Waals surface area contributed by atoms with Gasteiger partial charge in [-0.1, -0.05) is 28.2 Å². The number of hydrogen-bond acceptors (Lipinski definition) is 2. The minimum atomic E-state index is -0.151. The van der Waals surface area contributed by atoms with E-state index >= 15 is 0 Å². The topological polar surface area (TPSA) is 29.1 Å². The Hall–Kier alpha value is -0.370. The Morgan fingerprint density at radius 2 is 1.69 bits per heavy atom. The quantitative estimate of drug-likeness (QED) is 0.679. The van der Waals surface area contributed by atoms with Crippen LogP contribution in [0.3, 0.4) is 0 Å². The molecule has 13 heavy (non-hydrogen) atoms. The van der Waals surface area contributed by atoms with Gasteiger partial charge in [-0.2, -0.15) is 0 Å². The molecule has 78 valence electrons. The minimum Gasteiger partial charge on any atom is -0.317 e. The summed E-state index contributed by atoms with van der Waals surface area (Å²) in [4.78, 5) is 11.8. The summed E-state index contributed by atoms with van der Waals surface area (Å²) in [6.45, 7) is 8.05. The first kappa shape index (κ1) is 12.6. The fourth-order valence-corrected chi connectivity index (χ4v) is 1.70. The summed E-state index contributed by atoms with van der Waals surface area (Å²) in [5, 5.41) is 3.27. The average molecular weight is 185 g/mol. The van der Waals surface area contributed by atoms with Crippen LogP contribution in [0.1, 0.15) is 41.0 Å². The zero-order chi connectivity index (χ0) is 9.19. The average Bonchev–Trinajstić information content (AvgIpc) is 2.03. The molecule has 1 saturated heterocycles. The van der Waals surface area contributed by atoms with Gasteiger partial charge in [0.15, 0.2) is 0 Å². The first-order valence-corrected chi connectivity index (χ1v) is 4.77. The Balaban J connectivity index is 0.00000144. The molecule has 1 aliphatic heterocycles. The van der Waals surface area contributed by atoms with E-state index in [1.165, 1.54) is 0 Å². The lowest BCUT2D eigenvalue weighted by Crippen LogP contribution is -2.36. The van der Waals surface area contributed by atoms with Gasteiger partial charge < -0.3 is 5.32 Å². The summed E-state index contributed by atoms with van der Waals surface area (Å²) < 4.78 is 0. The van der Waals surface area contributed by atoms with Gasteiger partial charge >= 0.3 is 0 Å². The maximum Gasteiger partial charge on any atom is 0.141 e. The van der Waals surface area contributed by atoms with E-state index in [2.05, 4.69) is 5.32 Å². The van der Waals surface area contributed by atoms with Gasteiger partial charge in [0.1, 0.15) is 5.78 Å². The van der Waals surface area contributed by atoms with Crippen molar-refractivity contribution in [2.24, 2.45) is 11.3 Å². The molecule has 0 unspecified atom stereocenters. The molecule has 0 radical (unpaired) electrons. The Morgan fingerprint density at radius 1 is 1.23 bits per heavy atom. The standard InChI is InChI=1S/C10H19NO.CH4/c1-10(2,3)9(12)8-4-6-11-7-5-8;/h8,11H,4-7H2,1-3H3;1H4. The lowest BCUT2D eigenvalue weighted by atomic mass is 9.79. The number of carbonyl (C=O) groups excluding carboxylic acids is 1. The summed E-state index contributed by atoms with van der Waals surface area (Å²) >= 11 is 0. The highest BCUT2D eigenvalue weighted by atomic mass is 16.1. The van der Waals surface area contributed by atoms with E-state index in [9.17, 15) is 4.79 Å². The van der Waals surface area contributed by atoms with Crippen LogP contribution >= 0.6 is 0 Å². The third kappa shape index (κ3) is 3.47. The second-order valence-electron chi connectivity index (χ2n) is 4.64. The molecule has 0 aromatic carbocycles. The van der Waals surface area contributed by atoms with Crippen LogP contribution in [-0.4, -0.2) is 18.9 Å². The zero-order valence-electron chi connectivity index (χ0n) is 8.31. The lowest BCUT2D eigenvalue weighted by Gasteiger charge is -2.27. The van der Waals surface area contributed by atoms with Gasteiger partial charge in [-0.3, -0.25) is 4.79 Å². The minimum absolute atomic E-state index is 0. The molecule has 0 amide bonds. The molecule has 0 spiro atoms. The van der Waals surface area contributed by atoms with Gasteiger partial charge in [-0.05, 0) is 25.9 Å². The van der Waals surface area contributed by atoms with Crippen LogP contribution in [0.5, 0.6) is 0 Å². The fraction of sp³-hybridized carbons (Fsp3) is 0.909. The van der Waals surface area contributed by atoms with Gasteiger partial charge in [0.05, 0.1) is 0 Å². The number of rotatable bonds is 1. The summed E-state index contributed by atoms with van der Waals surface area (Å²) in [6, 6.07) is 0. The van der Waals surface area contributed by atoms with E-state index in [0.717, 1.165) is 25.9 Å². The predicted octanol–water partition coefficient (Wildman–Crippen LogP) is 2.24. The van der Waals surface area contributed by atoms with E-state index in [1.54, 1.807) is 0 Å². The van der Waals surface area contributed by atoms with Crippen molar-refractivity contribution in [1.29, 1.82) is 0 Å². The maximum absolute atomic E-state index is 11.8. The van der Waals surface area contributed by atoms with Crippen LogP contribution in [0.4, 0.5) is 0 Å². The van der Waals surface area contributed by atoms with Crippen molar-refractivity contribution < 1.29 is 4.79 Å². The number of Topliss-reactive ketones (excluding diaryl/α,β-unsaturated/α-hetero) is 1. The van der Waals surface area contributed by atoms with Gasteiger partial charge in [0.2, 0.25) is 0 Å². The summed E-state index contributed by atoms with van der Waals surface area (Å²) in [5.74, 6) is 0.746. The largest absolute Gasteiger partial charge is 0.317 e. The number of ketones is 1. The molecule has 1 rings (SSSR count). The maximum atomic E-state index is 11.8. The predicted molar refractivity (Wildman–Crippen MR) is 56.8 cm³/mol. The number of hydrogen-bond donors (Lipinski definition) is 1. The summed E-state index contributed by atoms with van der Waals surface area (Å²) in [7, 11) is 0. The monoisotopic (exact) mass is 185 g/mol. The van der Waals surface area contributed by atoms with Crippen molar-refractivity contribution in [2.75, 3.05) is 13.1 Å². The van der Waals surface area contributed by atoms with Crippen LogP contribution in [0, 0.1) is 11.3 Å². The third-order valence-electron chi connectivity index (χ3n) is 2.45. The number of piperidine rings is 1. The Bertz CT molecular complexity index is 163. The van der Waals surface area contributed by atoms with E-state index in [4.69, 9.17) is 0 Å². The first-order valence-electron chi connectivity index (χ1n) is 4.77. The number of nitrogens with one attached hydrogen (secondary N) is 1. The van der Waals surface area contributed by atoms with Crippen molar-refractivity contribution in [1.82, 2.24) is 5.32 Å². The molecule has 2 heteroatoms. The molecule has 0 atom stereocenters. The summed E-state index contributed by atoms with van der Waals surface area (Å²) in [6.07, 6.45) is 2.05. The van der Waals surface area contributed by atoms with Crippen LogP contribution in [0.15, 0.2) is 0 Å². The Labute approximate surface area is 82.1 Å². The first-order chi connectivity index (χ1) is 5.52. The highest BCUT2D eigenvalue weighted by molar-refractivity contribution is 5.86. The molecule has 0 bridgehead atoms. The van der Waals surface area contributed by atoms with Crippen molar-refractivity contribution in [3.05, 3.63) is 0 Å². The van der Waals surface area contributed by atoms with Crippen molar-refractivity contribution in [3.63, 3.8) is 0 Å². The second kappa shape index (κ2) is 4.75. The molecule has 1 fully saturated rings. The molecule has 0 saturated carbocycles. The highest BCUT2D eigenvalue weighted by Gasteiger charge is 2.29. The second-order valence-corrected chi connectivity index (χ2v) is 4.64. The Morgan fingerprint density at radius 3 is 2.08 bits per heavy atom. The SMILES string of the molecule is C.CC(C)(C)C(=O)C1CCNCC1. The highest BCUT2D eigenvalue weighted by Crippen LogP contribution is 2.25. The molecule has 0 aromatic rings. The molecule has 1 heterocycles. The van der Waals surface area contributed by atoms with Crippen molar-refractivity contribution in [2.45, 2.75) is 41.0 Å². The van der Waals surface area contributed by atoms with E-state index in [1.807, 2.05) is 20.8 Å². The fourth-order valence-electron chi connectivity index (χ4n) is 1.70. The zero-order valence-corrected chi connectivity index (χ0v) is 8.31. The lowest BCUT2D eigenvalue weighted by molar-refractivity contribution is -0.131. The van der Waals surface area contributed by atoms with Crippen molar-refractivity contribution in [3.8, 4) is 0 Å². The van der Waals surface area contributed by atoms with E-state index < -0.39 is 0 Å². The van der Waals surface area contributed by atoms with Crippen LogP contribution in [0.2, 0.25) is 0 Å². The van der Waals surface area contributed by atoms with Gasteiger partial charge in [-0.25, -0.2) is 0 Å². The van der Waals surface area contributed by atoms with Crippen molar-refractivity contribution >= 4 is 5.78 Å². The smallest absolute Gasteiger partial charge is 0.141 e. The normalized spacial score (nSPS) is 19.3. The molecule has 0 aliphatic carbocycles. The van der Waals surface area contributed by atoms with Crippen LogP contribution in [-0.2, 0) is 4.79 Å². The molecule has 1 N–H and O–H groups in total. The molecular formula is C11H23NO. The van der Waals surface area contributed by atoms with E-state index in [-0.39, 0.29) is 12.8 Å². The molecule has 2 nitrogen and oxygen atoms in total. The van der Waals surface area contributed by atoms with Gasteiger partial charge in [0, 0.05) is 11.3 Å². The van der Waals surface area contributed by atoms with Crippen LogP contribution < -0.4 is 5.32 Å². The van der Waals surface area contributed by atoms with Gasteiger partial charge in [-0.15, -0.1) is 0 Å². The molecule has 0 aromatic heterocycles. The van der Waals surface area contributed by atoms with Gasteiger partial charge in [0.25, 0.3) is 0 Å². The number of carbonyl (C=O) groups is 1. The third-order valence-corrected chi connectivity index (χ3v) is 2.45. The van der Waals surface area contributed by atoms with E-state index in [0.29, 0.717) is 11.7 Å². The molecular weight excluding hydrogens is 162 g/mol. The molecule has 1 aliphatic rings. The Kier molecular flexibility index (Phi) is 4.62. The van der Waals surface area contributed by atoms with Crippen LogP contribution in [0.25, 0.3) is 0 Å². The summed E-state index contributed by atoms with van der Waals surface area (Å²) in [5.41, 5.74) is -0.151.